The summed E-state index contributed by atoms with van der Waals surface area (Å²) in [4.78, 5) is 21.6. The second-order valence-electron chi connectivity index (χ2n) is 3.97. The quantitative estimate of drug-likeness (QED) is 0.458. The van der Waals surface area contributed by atoms with Gasteiger partial charge >= 0.3 is 5.97 Å². The van der Waals surface area contributed by atoms with Gasteiger partial charge in [-0.2, -0.15) is 11.8 Å². The van der Waals surface area contributed by atoms with Crippen molar-refractivity contribution in [3.05, 3.63) is 38.9 Å². The normalized spacial score (nSPS) is 11.9. The van der Waals surface area contributed by atoms with E-state index in [9.17, 15) is 14.9 Å². The Kier molecular flexibility index (Phi) is 6.11. The summed E-state index contributed by atoms with van der Waals surface area (Å²) >= 11 is 7.18. The van der Waals surface area contributed by atoms with E-state index in [1.165, 1.54) is 24.9 Å². The molecule has 1 rings (SSSR count). The van der Waals surface area contributed by atoms with E-state index in [1.54, 1.807) is 19.1 Å². The maximum atomic E-state index is 11.2. The average molecular weight is 304 g/mol. The van der Waals surface area contributed by atoms with Crippen molar-refractivity contribution >= 4 is 35.0 Å². The molecule has 1 aromatic carbocycles. The third-order valence-corrected chi connectivity index (χ3v) is 3.96. The standard InChI is InChI=1S/C12H14ClNO4S/c1-8(12(15)18-2)6-19-7-9-3-4-10(13)5-11(9)14(16)17/h3-5,8H,6-7H2,1-2H3. The van der Waals surface area contributed by atoms with E-state index in [4.69, 9.17) is 11.6 Å². The number of nitrogens with zero attached hydrogens (tertiary/aromatic N) is 1. The highest BCUT2D eigenvalue weighted by molar-refractivity contribution is 7.98. The number of hydrogen-bond acceptors (Lipinski definition) is 5. The van der Waals surface area contributed by atoms with Gasteiger partial charge in [-0.3, -0.25) is 14.9 Å². The lowest BCUT2D eigenvalue weighted by molar-refractivity contribution is -0.385. The molecule has 0 amide bonds. The van der Waals surface area contributed by atoms with Crippen LogP contribution in [0.3, 0.4) is 0 Å². The number of esters is 1. The highest BCUT2D eigenvalue weighted by Gasteiger charge is 2.16. The lowest BCUT2D eigenvalue weighted by Gasteiger charge is -2.08. The number of carbonyl (C=O) groups is 1. The number of carbonyl (C=O) groups excluding carboxylic acids is 1. The molecule has 1 unspecified atom stereocenters. The average Bonchev–Trinajstić information content (AvgIpc) is 2.38. The molecule has 0 aliphatic heterocycles. The molecule has 0 N–H and O–H groups in total. The van der Waals surface area contributed by atoms with Crippen molar-refractivity contribution in [3.8, 4) is 0 Å². The van der Waals surface area contributed by atoms with Crippen LogP contribution < -0.4 is 0 Å². The lowest BCUT2D eigenvalue weighted by atomic mass is 10.2. The summed E-state index contributed by atoms with van der Waals surface area (Å²) < 4.78 is 4.61. The molecule has 0 spiro atoms. The van der Waals surface area contributed by atoms with Crippen LogP contribution in [-0.2, 0) is 15.3 Å². The van der Waals surface area contributed by atoms with Crippen LogP contribution in [0, 0.1) is 16.0 Å². The SMILES string of the molecule is COC(=O)C(C)CSCc1ccc(Cl)cc1[N+](=O)[O-]. The minimum absolute atomic E-state index is 0.00530. The van der Waals surface area contributed by atoms with Crippen molar-refractivity contribution < 1.29 is 14.5 Å². The molecule has 0 fully saturated rings. The summed E-state index contributed by atoms with van der Waals surface area (Å²) in [5.41, 5.74) is 0.599. The minimum atomic E-state index is -0.453. The van der Waals surface area contributed by atoms with Crippen LogP contribution in [0.5, 0.6) is 0 Å². The molecule has 0 saturated heterocycles. The Morgan fingerprint density at radius 1 is 1.58 bits per heavy atom. The molecule has 0 aliphatic carbocycles. The summed E-state index contributed by atoms with van der Waals surface area (Å²) in [6.45, 7) is 1.76. The lowest BCUT2D eigenvalue weighted by Crippen LogP contribution is -2.14. The Balaban J connectivity index is 2.63. The molecule has 5 nitrogen and oxygen atoms in total. The fraction of sp³-hybridized carbons (Fsp3) is 0.417. The fourth-order valence-corrected chi connectivity index (χ4v) is 2.68. The van der Waals surface area contributed by atoms with Gasteiger partial charge in [-0.05, 0) is 12.1 Å². The van der Waals surface area contributed by atoms with Crippen LogP contribution in [0.25, 0.3) is 0 Å². The van der Waals surface area contributed by atoms with Crippen LogP contribution in [0.2, 0.25) is 5.02 Å². The zero-order valence-corrected chi connectivity index (χ0v) is 12.2. The minimum Gasteiger partial charge on any atom is -0.469 e. The fourth-order valence-electron chi connectivity index (χ4n) is 1.44. The number of rotatable bonds is 6. The first-order chi connectivity index (χ1) is 8.95. The monoisotopic (exact) mass is 303 g/mol. The molecule has 104 valence electrons. The second kappa shape index (κ2) is 7.35. The topological polar surface area (TPSA) is 69.4 Å². The number of ether oxygens (including phenoxy) is 1. The predicted molar refractivity (Wildman–Crippen MR) is 75.4 cm³/mol. The molecule has 1 aromatic rings. The van der Waals surface area contributed by atoms with E-state index < -0.39 is 4.92 Å². The molecule has 0 bridgehead atoms. The molecule has 0 heterocycles. The Morgan fingerprint density at radius 2 is 2.26 bits per heavy atom. The van der Waals surface area contributed by atoms with Gasteiger partial charge in [0.25, 0.3) is 5.69 Å². The first-order valence-corrected chi connectivity index (χ1v) is 7.07. The maximum absolute atomic E-state index is 11.2. The number of nitro groups is 1. The molecular formula is C12H14ClNO4S. The van der Waals surface area contributed by atoms with Crippen molar-refractivity contribution in [1.29, 1.82) is 0 Å². The predicted octanol–water partition coefficient (Wildman–Crippen LogP) is 3.29. The van der Waals surface area contributed by atoms with E-state index in [0.717, 1.165) is 0 Å². The highest BCUT2D eigenvalue weighted by atomic mass is 35.5. The summed E-state index contributed by atoms with van der Waals surface area (Å²) in [7, 11) is 1.34. The number of nitro benzene ring substituents is 1. The molecule has 0 saturated carbocycles. The first kappa shape index (κ1) is 15.8. The van der Waals surface area contributed by atoms with Gasteiger partial charge in [-0.1, -0.05) is 18.5 Å². The summed E-state index contributed by atoms with van der Waals surface area (Å²) in [6.07, 6.45) is 0. The molecule has 7 heteroatoms. The second-order valence-corrected chi connectivity index (χ2v) is 5.44. The van der Waals surface area contributed by atoms with E-state index in [2.05, 4.69) is 4.74 Å². The van der Waals surface area contributed by atoms with Crippen molar-refractivity contribution in [2.75, 3.05) is 12.9 Å². The molecule has 0 aromatic heterocycles. The number of methoxy groups -OCH3 is 1. The largest absolute Gasteiger partial charge is 0.469 e. The van der Waals surface area contributed by atoms with Crippen LogP contribution in [0.4, 0.5) is 5.69 Å². The Labute approximate surface area is 120 Å². The zero-order valence-electron chi connectivity index (χ0n) is 10.6. The first-order valence-electron chi connectivity index (χ1n) is 5.54. The van der Waals surface area contributed by atoms with Crippen LogP contribution >= 0.6 is 23.4 Å². The highest BCUT2D eigenvalue weighted by Crippen LogP contribution is 2.27. The van der Waals surface area contributed by atoms with Crippen LogP contribution in [0.15, 0.2) is 18.2 Å². The van der Waals surface area contributed by atoms with E-state index in [1.807, 2.05) is 0 Å². The van der Waals surface area contributed by atoms with Gasteiger partial charge in [0.15, 0.2) is 0 Å². The van der Waals surface area contributed by atoms with Crippen molar-refractivity contribution in [2.45, 2.75) is 12.7 Å². The smallest absolute Gasteiger partial charge is 0.309 e. The molecule has 1 atom stereocenters. The van der Waals surface area contributed by atoms with Gasteiger partial charge in [-0.25, -0.2) is 0 Å². The molecule has 0 radical (unpaired) electrons. The molecular weight excluding hydrogens is 290 g/mol. The number of benzene rings is 1. The third kappa shape index (κ3) is 4.72. The zero-order chi connectivity index (χ0) is 14.4. The Morgan fingerprint density at radius 3 is 2.84 bits per heavy atom. The van der Waals surface area contributed by atoms with Gasteiger partial charge in [0.2, 0.25) is 0 Å². The molecule has 19 heavy (non-hydrogen) atoms. The van der Waals surface area contributed by atoms with Gasteiger partial charge < -0.3 is 4.74 Å². The Hall–Kier alpha value is -1.27. The number of thioether (sulfide) groups is 1. The maximum Gasteiger partial charge on any atom is 0.309 e. The summed E-state index contributed by atoms with van der Waals surface area (Å²) in [5.74, 6) is 0.487. The van der Waals surface area contributed by atoms with Crippen molar-refractivity contribution in [1.82, 2.24) is 0 Å². The molecule has 0 aliphatic rings. The number of halogens is 1. The Bertz CT molecular complexity index is 481. The van der Waals surface area contributed by atoms with Gasteiger partial charge in [0.1, 0.15) is 0 Å². The van der Waals surface area contributed by atoms with Gasteiger partial charge in [-0.15, -0.1) is 0 Å². The third-order valence-electron chi connectivity index (χ3n) is 2.47. The summed E-state index contributed by atoms with van der Waals surface area (Å²) in [6, 6.07) is 4.59. The van der Waals surface area contributed by atoms with Crippen LogP contribution in [-0.4, -0.2) is 23.8 Å². The van der Waals surface area contributed by atoms with E-state index in [-0.39, 0.29) is 17.6 Å². The summed E-state index contributed by atoms with van der Waals surface area (Å²) in [5, 5.41) is 11.2. The van der Waals surface area contributed by atoms with Crippen molar-refractivity contribution in [3.63, 3.8) is 0 Å². The van der Waals surface area contributed by atoms with E-state index >= 15 is 0 Å². The van der Waals surface area contributed by atoms with Crippen molar-refractivity contribution in [2.24, 2.45) is 5.92 Å². The van der Waals surface area contributed by atoms with Gasteiger partial charge in [0.05, 0.1) is 18.0 Å². The number of hydrogen-bond donors (Lipinski definition) is 0. The van der Waals surface area contributed by atoms with E-state index in [0.29, 0.717) is 22.1 Å². The van der Waals surface area contributed by atoms with Crippen LogP contribution in [0.1, 0.15) is 12.5 Å². The van der Waals surface area contributed by atoms with Gasteiger partial charge in [0, 0.05) is 28.2 Å².